The average Bonchev–Trinajstić information content (AvgIpc) is 2.71. The zero-order valence-electron chi connectivity index (χ0n) is 15.7. The number of amides is 2. The van der Waals surface area contributed by atoms with Gasteiger partial charge in [-0.15, -0.1) is 0 Å². The van der Waals surface area contributed by atoms with Crippen LogP contribution in [0.3, 0.4) is 0 Å². The fourth-order valence-corrected chi connectivity index (χ4v) is 2.58. The molecule has 2 rings (SSSR count). The Morgan fingerprint density at radius 2 is 1.79 bits per heavy atom. The summed E-state index contributed by atoms with van der Waals surface area (Å²) in [5.41, 5.74) is 2.92. The van der Waals surface area contributed by atoms with Gasteiger partial charge in [-0.25, -0.2) is 5.43 Å². The van der Waals surface area contributed by atoms with E-state index in [1.807, 2.05) is 0 Å². The van der Waals surface area contributed by atoms with Crippen molar-refractivity contribution in [3.63, 3.8) is 0 Å². The Labute approximate surface area is 177 Å². The monoisotopic (exact) mass is 439 g/mol. The molecule has 0 radical (unpaired) electrons. The first-order valence-electron chi connectivity index (χ1n) is 8.31. The minimum absolute atomic E-state index is 0.275. The smallest absolute Gasteiger partial charge is 0.259 e. The van der Waals surface area contributed by atoms with Gasteiger partial charge in [0.1, 0.15) is 17.2 Å². The van der Waals surface area contributed by atoms with E-state index in [1.165, 1.54) is 26.5 Å². The number of hydrogen-bond donors (Lipinski definition) is 2. The van der Waals surface area contributed by atoms with Crippen molar-refractivity contribution >= 4 is 41.2 Å². The van der Waals surface area contributed by atoms with E-state index in [9.17, 15) is 9.59 Å². The summed E-state index contributed by atoms with van der Waals surface area (Å²) in [5.74, 6) is 0.486. The van der Waals surface area contributed by atoms with Crippen molar-refractivity contribution in [1.82, 2.24) is 10.7 Å². The van der Waals surface area contributed by atoms with E-state index in [1.54, 1.807) is 30.3 Å². The molecule has 0 aliphatic rings. The first-order chi connectivity index (χ1) is 13.9. The quantitative estimate of drug-likeness (QED) is 0.462. The van der Waals surface area contributed by atoms with Gasteiger partial charge in [0.2, 0.25) is 0 Å². The van der Waals surface area contributed by atoms with E-state index < -0.39 is 11.8 Å². The first kappa shape index (κ1) is 22.3. The SMILES string of the molecule is COc1ccc(OC)c(/C=N/NC(=O)CNC(=O)COc2ccc(Cl)cc2Cl)c1. The second-order valence-electron chi connectivity index (χ2n) is 5.54. The van der Waals surface area contributed by atoms with E-state index in [0.29, 0.717) is 27.8 Å². The molecule has 8 nitrogen and oxygen atoms in total. The van der Waals surface area contributed by atoms with Crippen LogP contribution in [0.2, 0.25) is 10.0 Å². The molecule has 154 valence electrons. The van der Waals surface area contributed by atoms with Crippen LogP contribution in [0.1, 0.15) is 5.56 Å². The van der Waals surface area contributed by atoms with E-state index in [4.69, 9.17) is 37.4 Å². The minimum atomic E-state index is -0.513. The first-order valence-corrected chi connectivity index (χ1v) is 9.07. The lowest BCUT2D eigenvalue weighted by Gasteiger charge is -2.08. The molecule has 10 heteroatoms. The normalized spacial score (nSPS) is 10.5. The fraction of sp³-hybridized carbons (Fsp3) is 0.211. The third-order valence-corrected chi connectivity index (χ3v) is 4.06. The second kappa shape index (κ2) is 11.1. The molecule has 0 aliphatic carbocycles. The number of hydrazone groups is 1. The van der Waals surface area contributed by atoms with Crippen LogP contribution in [-0.4, -0.2) is 45.4 Å². The molecule has 0 fully saturated rings. The molecule has 29 heavy (non-hydrogen) atoms. The highest BCUT2D eigenvalue weighted by atomic mass is 35.5. The van der Waals surface area contributed by atoms with Gasteiger partial charge in [0.05, 0.1) is 32.0 Å². The van der Waals surface area contributed by atoms with Gasteiger partial charge in [-0.3, -0.25) is 9.59 Å². The van der Waals surface area contributed by atoms with Crippen LogP contribution in [0, 0.1) is 0 Å². The van der Waals surface area contributed by atoms with Crippen molar-refractivity contribution in [1.29, 1.82) is 0 Å². The maximum absolute atomic E-state index is 11.8. The summed E-state index contributed by atoms with van der Waals surface area (Å²) in [7, 11) is 3.06. The standard InChI is InChI=1S/C19H19Cl2N3O5/c1-27-14-4-6-16(28-2)12(7-14)9-23-24-18(25)10-22-19(26)11-29-17-5-3-13(20)8-15(17)21/h3-9H,10-11H2,1-2H3,(H,22,26)(H,24,25)/b23-9+. The molecule has 0 saturated heterocycles. The Hall–Kier alpha value is -2.97. The third-order valence-electron chi connectivity index (χ3n) is 3.53. The summed E-state index contributed by atoms with van der Waals surface area (Å²) in [6, 6.07) is 9.79. The van der Waals surface area contributed by atoms with Crippen molar-refractivity contribution < 1.29 is 23.8 Å². The van der Waals surface area contributed by atoms with Crippen molar-refractivity contribution in [2.24, 2.45) is 5.10 Å². The molecule has 2 aromatic rings. The number of halogens is 2. The maximum Gasteiger partial charge on any atom is 0.259 e. The average molecular weight is 440 g/mol. The molecule has 0 heterocycles. The minimum Gasteiger partial charge on any atom is -0.497 e. The van der Waals surface area contributed by atoms with E-state index >= 15 is 0 Å². The number of ether oxygens (including phenoxy) is 3. The molecular formula is C19H19Cl2N3O5. The molecule has 2 amide bonds. The van der Waals surface area contributed by atoms with Crippen LogP contribution in [0.25, 0.3) is 0 Å². The lowest BCUT2D eigenvalue weighted by atomic mass is 10.2. The van der Waals surface area contributed by atoms with Gasteiger partial charge in [0.25, 0.3) is 11.8 Å². The zero-order valence-corrected chi connectivity index (χ0v) is 17.2. The Bertz CT molecular complexity index is 905. The Morgan fingerprint density at radius 1 is 1.03 bits per heavy atom. The number of carbonyl (C=O) groups excluding carboxylic acids is 2. The molecular weight excluding hydrogens is 421 g/mol. The van der Waals surface area contributed by atoms with Crippen molar-refractivity contribution in [3.8, 4) is 17.2 Å². The lowest BCUT2D eigenvalue weighted by Crippen LogP contribution is -2.37. The number of nitrogens with one attached hydrogen (secondary N) is 2. The van der Waals surface area contributed by atoms with Gasteiger partial charge >= 0.3 is 0 Å². The molecule has 0 unspecified atom stereocenters. The molecule has 2 N–H and O–H groups in total. The van der Waals surface area contributed by atoms with Crippen LogP contribution < -0.4 is 25.0 Å². The fourth-order valence-electron chi connectivity index (χ4n) is 2.12. The van der Waals surface area contributed by atoms with Gasteiger partial charge < -0.3 is 19.5 Å². The molecule has 0 bridgehead atoms. The Kier molecular flexibility index (Phi) is 8.57. The van der Waals surface area contributed by atoms with Crippen LogP contribution in [0.4, 0.5) is 0 Å². The number of carbonyl (C=O) groups is 2. The molecule has 0 spiro atoms. The number of hydrogen-bond acceptors (Lipinski definition) is 6. The summed E-state index contributed by atoms with van der Waals surface area (Å²) in [6.07, 6.45) is 1.41. The van der Waals surface area contributed by atoms with Gasteiger partial charge in [0.15, 0.2) is 6.61 Å². The number of benzene rings is 2. The highest BCUT2D eigenvalue weighted by Gasteiger charge is 2.08. The summed E-state index contributed by atoms with van der Waals surface area (Å²) in [5, 5.41) is 6.99. The van der Waals surface area contributed by atoms with E-state index in [0.717, 1.165) is 0 Å². The van der Waals surface area contributed by atoms with Crippen molar-refractivity contribution in [3.05, 3.63) is 52.0 Å². The Balaban J connectivity index is 1.78. The molecule has 0 aliphatic heterocycles. The maximum atomic E-state index is 11.8. The summed E-state index contributed by atoms with van der Waals surface area (Å²) >= 11 is 11.7. The van der Waals surface area contributed by atoms with Gasteiger partial charge in [-0.2, -0.15) is 5.10 Å². The topological polar surface area (TPSA) is 98.3 Å². The summed E-state index contributed by atoms with van der Waals surface area (Å²) < 4.78 is 15.6. The summed E-state index contributed by atoms with van der Waals surface area (Å²) in [4.78, 5) is 23.6. The predicted molar refractivity (Wildman–Crippen MR) is 110 cm³/mol. The van der Waals surface area contributed by atoms with Crippen LogP contribution in [0.5, 0.6) is 17.2 Å². The molecule has 0 atom stereocenters. The molecule has 2 aromatic carbocycles. The van der Waals surface area contributed by atoms with Crippen molar-refractivity contribution in [2.75, 3.05) is 27.4 Å². The number of methoxy groups -OCH3 is 2. The van der Waals surface area contributed by atoms with Crippen LogP contribution in [0.15, 0.2) is 41.5 Å². The van der Waals surface area contributed by atoms with Crippen LogP contribution in [-0.2, 0) is 9.59 Å². The van der Waals surface area contributed by atoms with Gasteiger partial charge in [0, 0.05) is 10.6 Å². The third kappa shape index (κ3) is 7.17. The molecule has 0 aromatic heterocycles. The number of rotatable bonds is 9. The Morgan fingerprint density at radius 3 is 2.48 bits per heavy atom. The van der Waals surface area contributed by atoms with Gasteiger partial charge in [-0.05, 0) is 36.4 Å². The second-order valence-corrected chi connectivity index (χ2v) is 6.38. The van der Waals surface area contributed by atoms with E-state index in [2.05, 4.69) is 15.8 Å². The lowest BCUT2D eigenvalue weighted by molar-refractivity contribution is -0.127. The van der Waals surface area contributed by atoms with E-state index in [-0.39, 0.29) is 18.2 Å². The van der Waals surface area contributed by atoms with Gasteiger partial charge in [-0.1, -0.05) is 23.2 Å². The van der Waals surface area contributed by atoms with Crippen molar-refractivity contribution in [2.45, 2.75) is 0 Å². The molecule has 0 saturated carbocycles. The zero-order chi connectivity index (χ0) is 21.2. The highest BCUT2D eigenvalue weighted by Crippen LogP contribution is 2.27. The summed E-state index contributed by atoms with van der Waals surface area (Å²) in [6.45, 7) is -0.581. The number of nitrogens with zero attached hydrogens (tertiary/aromatic N) is 1. The van der Waals surface area contributed by atoms with Crippen LogP contribution >= 0.6 is 23.2 Å². The largest absolute Gasteiger partial charge is 0.497 e. The predicted octanol–water partition coefficient (Wildman–Crippen LogP) is 2.66. The highest BCUT2D eigenvalue weighted by molar-refractivity contribution is 6.35.